The Balaban J connectivity index is 0.00000484. The number of aryl methyl sites for hydroxylation is 2. The summed E-state index contributed by atoms with van der Waals surface area (Å²) in [7, 11) is -4.80. The number of hydrogen-bond donors (Lipinski definition) is 4. The fourth-order valence-electron chi connectivity index (χ4n) is 4.10. The van der Waals surface area contributed by atoms with E-state index in [1.807, 2.05) is 0 Å². The van der Waals surface area contributed by atoms with Crippen LogP contribution >= 0.6 is 7.82 Å². The van der Waals surface area contributed by atoms with Crippen LogP contribution in [0.4, 0.5) is 0 Å². The topological polar surface area (TPSA) is 174 Å². The SMILES string of the molecule is O=C(CCc1ccc(OP(=O)([O-])Oc2ccc(CCC(=O)c3c(O)cccc3O)cc2)cc1)c1c(O)cccc1O.[Na+]. The smallest absolute Gasteiger partial charge is 0.736 e. The number of rotatable bonds is 12. The van der Waals surface area contributed by atoms with Crippen molar-refractivity contribution in [3.8, 4) is 34.5 Å². The van der Waals surface area contributed by atoms with E-state index in [4.69, 9.17) is 9.05 Å². The zero-order chi connectivity index (χ0) is 29.6. The van der Waals surface area contributed by atoms with Gasteiger partial charge in [0.2, 0.25) is 0 Å². The van der Waals surface area contributed by atoms with Crippen molar-refractivity contribution in [3.05, 3.63) is 107 Å². The second kappa shape index (κ2) is 14.4. The number of carbonyl (C=O) groups is 2. The molecule has 4 aromatic carbocycles. The van der Waals surface area contributed by atoms with Crippen molar-refractivity contribution in [3.63, 3.8) is 0 Å². The summed E-state index contributed by atoms with van der Waals surface area (Å²) in [5.41, 5.74) is 1.11. The standard InChI is InChI=1S/C30H27O10P.Na/c31-23-3-1-4-24(32)29(23)27(35)17-11-19-7-13-21(14-8-19)39-41(37,38)40-22-15-9-20(10-16-22)12-18-28(36)30-25(33)5-2-6-26(30)34;/h1-10,13-16,31-34H,11-12,17-18H2,(H,37,38);/q;+1/p-1. The molecular formula is C30H26NaO10P. The largest absolute Gasteiger partial charge is 1.00 e. The van der Waals surface area contributed by atoms with Gasteiger partial charge in [0.15, 0.2) is 11.6 Å². The summed E-state index contributed by atoms with van der Waals surface area (Å²) in [6.07, 6.45) is 0.583. The van der Waals surface area contributed by atoms with E-state index in [9.17, 15) is 39.5 Å². The molecule has 0 fully saturated rings. The first-order valence-corrected chi connectivity index (χ1v) is 13.9. The molecule has 10 nitrogen and oxygen atoms in total. The summed E-state index contributed by atoms with van der Waals surface area (Å²) in [4.78, 5) is 37.2. The van der Waals surface area contributed by atoms with Crippen LogP contribution in [0.1, 0.15) is 44.7 Å². The average molecular weight is 600 g/mol. The molecule has 0 heterocycles. The molecule has 0 spiro atoms. The Morgan fingerprint density at radius 3 is 1.21 bits per heavy atom. The van der Waals surface area contributed by atoms with Crippen LogP contribution in [0.2, 0.25) is 0 Å². The molecule has 212 valence electrons. The normalized spacial score (nSPS) is 10.9. The summed E-state index contributed by atoms with van der Waals surface area (Å²) in [5, 5.41) is 39.3. The molecule has 0 bridgehead atoms. The van der Waals surface area contributed by atoms with E-state index in [-0.39, 0.29) is 101 Å². The quantitative estimate of drug-likeness (QED) is 0.107. The second-order valence-electron chi connectivity index (χ2n) is 9.11. The van der Waals surface area contributed by atoms with Gasteiger partial charge < -0.3 is 34.4 Å². The van der Waals surface area contributed by atoms with Crippen LogP contribution in [0.3, 0.4) is 0 Å². The molecule has 4 aromatic rings. The molecule has 42 heavy (non-hydrogen) atoms. The third-order valence-corrected chi connectivity index (χ3v) is 7.03. The molecule has 4 rings (SSSR count). The van der Waals surface area contributed by atoms with Crippen LogP contribution in [0.5, 0.6) is 34.5 Å². The molecular weight excluding hydrogens is 574 g/mol. The van der Waals surface area contributed by atoms with Crippen LogP contribution in [-0.2, 0) is 17.4 Å². The molecule has 0 aliphatic heterocycles. The number of benzene rings is 4. The first-order chi connectivity index (χ1) is 19.5. The summed E-state index contributed by atoms with van der Waals surface area (Å²) in [6.45, 7) is 0. The van der Waals surface area contributed by atoms with Gasteiger partial charge >= 0.3 is 37.4 Å². The number of phosphoric ester groups is 1. The Labute approximate surface area is 263 Å². The van der Waals surface area contributed by atoms with Crippen molar-refractivity contribution in [2.75, 3.05) is 0 Å². The van der Waals surface area contributed by atoms with Crippen LogP contribution in [0, 0.1) is 0 Å². The molecule has 4 N–H and O–H groups in total. The monoisotopic (exact) mass is 600 g/mol. The Bertz CT molecular complexity index is 1450. The number of phosphoric acid groups is 1. The van der Waals surface area contributed by atoms with Gasteiger partial charge in [-0.05, 0) is 72.5 Å². The van der Waals surface area contributed by atoms with Gasteiger partial charge in [-0.3, -0.25) is 9.59 Å². The zero-order valence-corrected chi connectivity index (χ0v) is 25.5. The van der Waals surface area contributed by atoms with Crippen LogP contribution in [0.15, 0.2) is 84.9 Å². The summed E-state index contributed by atoms with van der Waals surface area (Å²) < 4.78 is 22.5. The Morgan fingerprint density at radius 1 is 0.595 bits per heavy atom. The van der Waals surface area contributed by atoms with Gasteiger partial charge in [-0.25, -0.2) is 4.57 Å². The van der Waals surface area contributed by atoms with E-state index in [0.717, 1.165) is 0 Å². The van der Waals surface area contributed by atoms with Crippen molar-refractivity contribution >= 4 is 19.4 Å². The number of aromatic hydroxyl groups is 4. The predicted octanol–water partition coefficient (Wildman–Crippen LogP) is 2.07. The maximum atomic E-state index is 12.4. The molecule has 0 amide bonds. The van der Waals surface area contributed by atoms with Crippen molar-refractivity contribution in [2.45, 2.75) is 25.7 Å². The molecule has 0 aromatic heterocycles. The summed E-state index contributed by atoms with van der Waals surface area (Å²) in [6, 6.07) is 20.1. The Hall–Kier alpha value is -3.79. The minimum absolute atomic E-state index is 0. The fourth-order valence-corrected chi connectivity index (χ4v) is 4.90. The third kappa shape index (κ3) is 8.61. The molecule has 0 atom stereocenters. The average Bonchev–Trinajstić information content (AvgIpc) is 2.92. The van der Waals surface area contributed by atoms with Crippen LogP contribution in [0.25, 0.3) is 0 Å². The number of ketones is 2. The molecule has 0 aliphatic carbocycles. The van der Waals surface area contributed by atoms with Crippen molar-refractivity contribution in [2.24, 2.45) is 0 Å². The van der Waals surface area contributed by atoms with E-state index in [1.165, 1.54) is 60.7 Å². The Kier molecular flexibility index (Phi) is 11.2. The van der Waals surface area contributed by atoms with E-state index in [0.29, 0.717) is 11.1 Å². The second-order valence-corrected chi connectivity index (χ2v) is 10.4. The zero-order valence-electron chi connectivity index (χ0n) is 22.6. The minimum atomic E-state index is -4.80. The van der Waals surface area contributed by atoms with Gasteiger partial charge in [0.05, 0.1) is 0 Å². The molecule has 0 radical (unpaired) electrons. The molecule has 12 heteroatoms. The van der Waals surface area contributed by atoms with Crippen LogP contribution < -0.4 is 43.5 Å². The molecule has 0 saturated heterocycles. The van der Waals surface area contributed by atoms with E-state index >= 15 is 0 Å². The first kappa shape index (κ1) is 32.7. The molecule has 0 saturated carbocycles. The van der Waals surface area contributed by atoms with Gasteiger partial charge in [-0.2, -0.15) is 0 Å². The third-order valence-electron chi connectivity index (χ3n) is 6.16. The van der Waals surface area contributed by atoms with Gasteiger partial charge in [0, 0.05) is 12.8 Å². The maximum Gasteiger partial charge on any atom is 1.00 e. The first-order valence-electron chi connectivity index (χ1n) is 12.5. The van der Waals surface area contributed by atoms with Crippen molar-refractivity contribution in [1.82, 2.24) is 0 Å². The minimum Gasteiger partial charge on any atom is -0.736 e. The van der Waals surface area contributed by atoms with E-state index in [1.54, 1.807) is 24.3 Å². The van der Waals surface area contributed by atoms with Gasteiger partial charge in [-0.15, -0.1) is 0 Å². The van der Waals surface area contributed by atoms with Gasteiger partial charge in [0.25, 0.3) is 0 Å². The number of phenols is 4. The summed E-state index contributed by atoms with van der Waals surface area (Å²) >= 11 is 0. The van der Waals surface area contributed by atoms with Gasteiger partial charge in [-0.1, -0.05) is 36.4 Å². The fraction of sp³-hybridized carbons (Fsp3) is 0.133. The predicted molar refractivity (Wildman–Crippen MR) is 147 cm³/mol. The number of carbonyl (C=O) groups excluding carboxylic acids is 2. The maximum absolute atomic E-state index is 12.4. The van der Waals surface area contributed by atoms with Crippen molar-refractivity contribution < 1.29 is 78.1 Å². The molecule has 0 aliphatic rings. The number of hydrogen-bond acceptors (Lipinski definition) is 10. The Morgan fingerprint density at radius 2 is 0.905 bits per heavy atom. The van der Waals surface area contributed by atoms with Crippen LogP contribution in [-0.4, -0.2) is 32.0 Å². The molecule has 0 unspecified atom stereocenters. The number of phenolic OH excluding ortho intramolecular Hbond substituents is 4. The van der Waals surface area contributed by atoms with Crippen molar-refractivity contribution in [1.29, 1.82) is 0 Å². The van der Waals surface area contributed by atoms with Gasteiger partial charge in [0.1, 0.15) is 45.6 Å². The van der Waals surface area contributed by atoms with E-state index < -0.39 is 19.4 Å². The summed E-state index contributed by atoms with van der Waals surface area (Å²) in [5.74, 6) is -2.10. The van der Waals surface area contributed by atoms with E-state index in [2.05, 4.69) is 0 Å². The number of Topliss-reactive ketones (excluding diaryl/α,β-unsaturated/α-hetero) is 2.